The van der Waals surface area contributed by atoms with E-state index in [1.165, 1.54) is 38.9 Å². The molecule has 1 saturated carbocycles. The lowest BCUT2D eigenvalue weighted by atomic mass is 10.0. The van der Waals surface area contributed by atoms with Crippen molar-refractivity contribution >= 4 is 0 Å². The van der Waals surface area contributed by atoms with Crippen LogP contribution in [0.25, 0.3) is 0 Å². The van der Waals surface area contributed by atoms with Crippen LogP contribution in [0, 0.1) is 5.92 Å². The van der Waals surface area contributed by atoms with Gasteiger partial charge in [-0.25, -0.2) is 0 Å². The Balaban J connectivity index is 1.80. The van der Waals surface area contributed by atoms with E-state index in [9.17, 15) is 0 Å². The third-order valence-electron chi connectivity index (χ3n) is 3.63. The van der Waals surface area contributed by atoms with Gasteiger partial charge in [0.1, 0.15) is 0 Å². The molecule has 2 nitrogen and oxygen atoms in total. The lowest BCUT2D eigenvalue weighted by Gasteiger charge is -2.25. The van der Waals surface area contributed by atoms with Crippen molar-refractivity contribution in [2.75, 3.05) is 19.6 Å². The van der Waals surface area contributed by atoms with E-state index in [1.54, 1.807) is 0 Å². The molecule has 1 heterocycles. The summed E-state index contributed by atoms with van der Waals surface area (Å²) in [5, 5.41) is 3.53. The first kappa shape index (κ1) is 9.47. The highest BCUT2D eigenvalue weighted by atomic mass is 15.2. The second-order valence-electron chi connectivity index (χ2n) is 4.61. The third-order valence-corrected chi connectivity index (χ3v) is 3.63. The minimum absolute atomic E-state index is 0.743. The van der Waals surface area contributed by atoms with E-state index in [-0.39, 0.29) is 0 Å². The molecular weight excluding hydrogens is 160 g/mol. The van der Waals surface area contributed by atoms with Crippen molar-refractivity contribution < 1.29 is 0 Å². The highest BCUT2D eigenvalue weighted by Crippen LogP contribution is 2.28. The molecule has 0 amide bonds. The Kier molecular flexibility index (Phi) is 2.89. The molecule has 1 N–H and O–H groups in total. The van der Waals surface area contributed by atoms with Crippen LogP contribution in [-0.4, -0.2) is 36.6 Å². The molecule has 2 atom stereocenters. The van der Waals surface area contributed by atoms with Crippen molar-refractivity contribution in [1.82, 2.24) is 10.2 Å². The van der Waals surface area contributed by atoms with Gasteiger partial charge in [-0.3, -0.25) is 0 Å². The first-order valence-electron chi connectivity index (χ1n) is 5.78. The first-order chi connectivity index (χ1) is 6.31. The molecule has 2 unspecified atom stereocenters. The van der Waals surface area contributed by atoms with E-state index in [0.717, 1.165) is 18.0 Å². The molecule has 13 heavy (non-hydrogen) atoms. The molecule has 0 bridgehead atoms. The van der Waals surface area contributed by atoms with Crippen LogP contribution in [-0.2, 0) is 0 Å². The van der Waals surface area contributed by atoms with Gasteiger partial charge in [-0.2, -0.15) is 0 Å². The second-order valence-corrected chi connectivity index (χ2v) is 4.61. The van der Waals surface area contributed by atoms with Gasteiger partial charge in [0.25, 0.3) is 0 Å². The van der Waals surface area contributed by atoms with E-state index in [0.29, 0.717) is 0 Å². The van der Waals surface area contributed by atoms with Crippen LogP contribution in [0.3, 0.4) is 0 Å². The Bertz CT molecular complexity index is 165. The van der Waals surface area contributed by atoms with Gasteiger partial charge in [0.15, 0.2) is 0 Å². The van der Waals surface area contributed by atoms with Crippen LogP contribution in [0.2, 0.25) is 0 Å². The topological polar surface area (TPSA) is 15.3 Å². The summed E-state index contributed by atoms with van der Waals surface area (Å²) < 4.78 is 0. The maximum absolute atomic E-state index is 3.53. The molecule has 1 aliphatic heterocycles. The number of nitrogens with zero attached hydrogens (tertiary/aromatic N) is 1. The van der Waals surface area contributed by atoms with Crippen LogP contribution >= 0.6 is 0 Å². The minimum atomic E-state index is 0.743. The Morgan fingerprint density at radius 2 is 2.08 bits per heavy atom. The molecule has 2 heteroatoms. The van der Waals surface area contributed by atoms with Crippen LogP contribution in [0.4, 0.5) is 0 Å². The zero-order valence-electron chi connectivity index (χ0n) is 8.92. The lowest BCUT2D eigenvalue weighted by Crippen LogP contribution is -2.35. The molecule has 0 radical (unpaired) electrons. The quantitative estimate of drug-likeness (QED) is 0.708. The van der Waals surface area contributed by atoms with Gasteiger partial charge in [0.2, 0.25) is 0 Å². The molecule has 76 valence electrons. The van der Waals surface area contributed by atoms with E-state index in [2.05, 4.69) is 24.1 Å². The molecule has 0 aromatic carbocycles. The highest BCUT2D eigenvalue weighted by molar-refractivity contribution is 4.88. The summed E-state index contributed by atoms with van der Waals surface area (Å²) in [6.45, 7) is 8.43. The summed E-state index contributed by atoms with van der Waals surface area (Å²) >= 11 is 0. The van der Waals surface area contributed by atoms with Crippen molar-refractivity contribution in [2.45, 2.75) is 45.2 Å². The summed E-state index contributed by atoms with van der Waals surface area (Å²) in [6, 6.07) is 1.69. The zero-order valence-corrected chi connectivity index (χ0v) is 8.92. The van der Waals surface area contributed by atoms with Gasteiger partial charge in [-0.1, -0.05) is 6.92 Å². The predicted octanol–water partition coefficient (Wildman–Crippen LogP) is 1.47. The van der Waals surface area contributed by atoms with E-state index in [1.807, 2.05) is 0 Å². The van der Waals surface area contributed by atoms with E-state index in [4.69, 9.17) is 0 Å². The van der Waals surface area contributed by atoms with Crippen molar-refractivity contribution in [2.24, 2.45) is 5.92 Å². The van der Waals surface area contributed by atoms with Crippen LogP contribution in [0.15, 0.2) is 0 Å². The molecule has 0 aromatic heterocycles. The fraction of sp³-hybridized carbons (Fsp3) is 1.00. The predicted molar refractivity (Wildman–Crippen MR) is 55.8 cm³/mol. The molecule has 0 aromatic rings. The number of nitrogens with one attached hydrogen (secondary N) is 1. The fourth-order valence-corrected chi connectivity index (χ4v) is 2.44. The zero-order chi connectivity index (χ0) is 9.26. The molecule has 2 rings (SSSR count). The van der Waals surface area contributed by atoms with Gasteiger partial charge in [-0.05, 0) is 45.2 Å². The maximum Gasteiger partial charge on any atom is 0.00964 e. The minimum Gasteiger partial charge on any atom is -0.314 e. The molecule has 2 fully saturated rings. The SMILES string of the molecule is CCN(CC1CCNC1C)C1CC1. The second kappa shape index (κ2) is 3.97. The molecule has 2 aliphatic rings. The maximum atomic E-state index is 3.53. The van der Waals surface area contributed by atoms with Crippen molar-refractivity contribution in [3.63, 3.8) is 0 Å². The van der Waals surface area contributed by atoms with Crippen LogP contribution < -0.4 is 5.32 Å². The average Bonchev–Trinajstić information content (AvgIpc) is 2.88. The molecule has 0 spiro atoms. The van der Waals surface area contributed by atoms with Gasteiger partial charge in [0, 0.05) is 18.6 Å². The van der Waals surface area contributed by atoms with E-state index < -0.39 is 0 Å². The molecular formula is C11H22N2. The lowest BCUT2D eigenvalue weighted by molar-refractivity contribution is 0.224. The average molecular weight is 182 g/mol. The van der Waals surface area contributed by atoms with Gasteiger partial charge < -0.3 is 10.2 Å². The van der Waals surface area contributed by atoms with Gasteiger partial charge in [0.05, 0.1) is 0 Å². The normalized spacial score (nSPS) is 34.4. The summed E-state index contributed by atoms with van der Waals surface area (Å²) in [6.07, 6.45) is 4.27. The first-order valence-corrected chi connectivity index (χ1v) is 5.78. The number of hydrogen-bond acceptors (Lipinski definition) is 2. The Morgan fingerprint density at radius 1 is 1.31 bits per heavy atom. The third kappa shape index (κ3) is 2.23. The summed E-state index contributed by atoms with van der Waals surface area (Å²) in [4.78, 5) is 2.67. The van der Waals surface area contributed by atoms with Crippen LogP contribution in [0.1, 0.15) is 33.1 Å². The van der Waals surface area contributed by atoms with Crippen molar-refractivity contribution in [1.29, 1.82) is 0 Å². The molecule has 1 aliphatic carbocycles. The Hall–Kier alpha value is -0.0800. The summed E-state index contributed by atoms with van der Waals surface area (Å²) in [5.74, 6) is 0.903. The largest absolute Gasteiger partial charge is 0.314 e. The number of rotatable bonds is 4. The monoisotopic (exact) mass is 182 g/mol. The fourth-order valence-electron chi connectivity index (χ4n) is 2.44. The van der Waals surface area contributed by atoms with Gasteiger partial charge in [-0.15, -0.1) is 0 Å². The Morgan fingerprint density at radius 3 is 2.54 bits per heavy atom. The highest BCUT2D eigenvalue weighted by Gasteiger charge is 2.32. The van der Waals surface area contributed by atoms with Crippen molar-refractivity contribution in [3.8, 4) is 0 Å². The van der Waals surface area contributed by atoms with Crippen molar-refractivity contribution in [3.05, 3.63) is 0 Å². The van der Waals surface area contributed by atoms with E-state index >= 15 is 0 Å². The summed E-state index contributed by atoms with van der Waals surface area (Å²) in [7, 11) is 0. The smallest absolute Gasteiger partial charge is 0.00964 e. The standard InChI is InChI=1S/C11H22N2/c1-3-13(11-4-5-11)8-10-6-7-12-9(10)2/h9-12H,3-8H2,1-2H3. The Labute approximate surface area is 81.7 Å². The number of hydrogen-bond donors (Lipinski definition) is 1. The van der Waals surface area contributed by atoms with Gasteiger partial charge >= 0.3 is 0 Å². The molecule has 1 saturated heterocycles. The summed E-state index contributed by atoms with van der Waals surface area (Å²) in [5.41, 5.74) is 0. The van der Waals surface area contributed by atoms with Crippen LogP contribution in [0.5, 0.6) is 0 Å².